The van der Waals surface area contributed by atoms with Crippen molar-refractivity contribution >= 4 is 46.4 Å². The molecule has 2 aliphatic heterocycles. The maximum absolute atomic E-state index is 14.1. The number of hydrogen-bond donors (Lipinski definition) is 2. The standard InChI is InChI=1S/C29H22F2N4O/c1-17(36-16-18-10-19(30)2-9-28(18)31)27-14-26-13-24-6-5-22(33-24)11-20-3-4-21(32-20)12-23-7-8-25(34-23)15-29(27)35-26/h2-15,17,32,35H,16H2,1H3/i14D. The number of aromatic amines is 2. The van der Waals surface area contributed by atoms with E-state index in [1.165, 1.54) is 0 Å². The lowest BCUT2D eigenvalue weighted by molar-refractivity contribution is 0.0517. The van der Waals surface area contributed by atoms with Gasteiger partial charge in [-0.2, -0.15) is 0 Å². The summed E-state index contributed by atoms with van der Waals surface area (Å²) in [7, 11) is 0. The first-order valence-corrected chi connectivity index (χ1v) is 11.5. The van der Waals surface area contributed by atoms with Crippen molar-refractivity contribution in [3.05, 3.63) is 106 Å². The Morgan fingerprint density at radius 2 is 1.42 bits per heavy atom. The van der Waals surface area contributed by atoms with E-state index < -0.39 is 17.7 Å². The number of nitrogens with zero attached hydrogens (tertiary/aromatic N) is 2. The number of benzene rings is 1. The zero-order valence-electron chi connectivity index (χ0n) is 20.3. The zero-order chi connectivity index (χ0) is 25.5. The number of halogens is 2. The van der Waals surface area contributed by atoms with Crippen molar-refractivity contribution in [2.75, 3.05) is 0 Å². The molecule has 4 aromatic rings. The number of aromatic nitrogens is 4. The van der Waals surface area contributed by atoms with E-state index in [1.54, 1.807) is 6.92 Å². The third-order valence-corrected chi connectivity index (χ3v) is 6.02. The van der Waals surface area contributed by atoms with Crippen molar-refractivity contribution in [1.29, 1.82) is 0 Å². The molecule has 0 amide bonds. The average Bonchev–Trinajstić information content (AvgIpc) is 3.65. The molecule has 2 aliphatic rings. The van der Waals surface area contributed by atoms with Gasteiger partial charge in [0, 0.05) is 33.2 Å². The summed E-state index contributed by atoms with van der Waals surface area (Å²) in [5, 5.41) is 0. The molecule has 2 N–H and O–H groups in total. The Kier molecular flexibility index (Phi) is 5.25. The molecule has 0 spiro atoms. The molecule has 1 atom stereocenters. The van der Waals surface area contributed by atoms with E-state index in [9.17, 15) is 8.78 Å². The summed E-state index contributed by atoms with van der Waals surface area (Å²) in [4.78, 5) is 16.0. The van der Waals surface area contributed by atoms with E-state index >= 15 is 0 Å². The lowest BCUT2D eigenvalue weighted by Crippen LogP contribution is -2.02. The second kappa shape index (κ2) is 9.02. The molecule has 1 aromatic carbocycles. The Morgan fingerprint density at radius 3 is 2.08 bits per heavy atom. The van der Waals surface area contributed by atoms with Crippen LogP contribution >= 0.6 is 0 Å². The van der Waals surface area contributed by atoms with Crippen LogP contribution in [0.2, 0.25) is 0 Å². The summed E-state index contributed by atoms with van der Waals surface area (Å²) in [6.45, 7) is 1.65. The molecule has 5 heterocycles. The van der Waals surface area contributed by atoms with Gasteiger partial charge in [-0.3, -0.25) is 0 Å². The van der Waals surface area contributed by atoms with Crippen LogP contribution < -0.4 is 0 Å². The van der Waals surface area contributed by atoms with E-state index in [2.05, 4.69) is 19.9 Å². The second-order valence-corrected chi connectivity index (χ2v) is 8.72. The Bertz CT molecular complexity index is 1750. The zero-order valence-corrected chi connectivity index (χ0v) is 19.3. The van der Waals surface area contributed by atoms with Crippen molar-refractivity contribution < 1.29 is 14.9 Å². The highest BCUT2D eigenvalue weighted by Crippen LogP contribution is 2.27. The van der Waals surface area contributed by atoms with Gasteiger partial charge in [0.1, 0.15) is 11.6 Å². The van der Waals surface area contributed by atoms with Crippen molar-refractivity contribution in [3.8, 4) is 0 Å². The molecule has 0 saturated heterocycles. The normalized spacial score (nSPS) is 13.7. The molecule has 1 unspecified atom stereocenters. The number of nitrogens with one attached hydrogen (secondary N) is 2. The Morgan fingerprint density at radius 1 is 0.806 bits per heavy atom. The van der Waals surface area contributed by atoms with E-state index in [0.717, 1.165) is 40.6 Å². The van der Waals surface area contributed by atoms with Crippen LogP contribution in [0.15, 0.2) is 60.6 Å². The van der Waals surface area contributed by atoms with Crippen LogP contribution in [-0.4, -0.2) is 19.9 Å². The summed E-state index contributed by atoms with van der Waals surface area (Å²) in [6, 6.07) is 15.0. The highest BCUT2D eigenvalue weighted by atomic mass is 19.1. The van der Waals surface area contributed by atoms with Gasteiger partial charge in [-0.1, -0.05) is 0 Å². The molecule has 6 rings (SSSR count). The van der Waals surface area contributed by atoms with Gasteiger partial charge in [0.05, 0.1) is 36.9 Å². The molecule has 5 nitrogen and oxygen atoms in total. The molecule has 3 aromatic heterocycles. The van der Waals surface area contributed by atoms with Crippen LogP contribution in [0.1, 0.15) is 48.3 Å². The average molecular weight is 482 g/mol. The molecule has 0 fully saturated rings. The lowest BCUT2D eigenvalue weighted by atomic mass is 10.1. The van der Waals surface area contributed by atoms with E-state index in [-0.39, 0.29) is 18.2 Å². The fourth-order valence-electron chi connectivity index (χ4n) is 4.24. The minimum atomic E-state index is -0.587. The van der Waals surface area contributed by atoms with E-state index in [1.807, 2.05) is 60.7 Å². The Labute approximate surface area is 207 Å². The van der Waals surface area contributed by atoms with Gasteiger partial charge in [0.2, 0.25) is 0 Å². The summed E-state index contributed by atoms with van der Waals surface area (Å²) in [6.07, 6.45) is 7.04. The first-order valence-electron chi connectivity index (χ1n) is 12.0. The molecule has 7 heteroatoms. The Hall–Kier alpha value is -4.36. The molecule has 0 saturated carbocycles. The number of ether oxygens (including phenoxy) is 1. The third kappa shape index (κ3) is 4.61. The highest BCUT2D eigenvalue weighted by molar-refractivity contribution is 5.78. The van der Waals surface area contributed by atoms with Crippen LogP contribution in [0.5, 0.6) is 0 Å². The third-order valence-electron chi connectivity index (χ3n) is 6.02. The predicted molar refractivity (Wildman–Crippen MR) is 138 cm³/mol. The Balaban J connectivity index is 1.50. The minimum absolute atomic E-state index is 0.117. The second-order valence-electron chi connectivity index (χ2n) is 8.72. The van der Waals surface area contributed by atoms with Gasteiger partial charge in [-0.05, 0) is 91.9 Å². The minimum Gasteiger partial charge on any atom is -0.369 e. The van der Waals surface area contributed by atoms with Crippen molar-refractivity contribution in [1.82, 2.24) is 19.9 Å². The van der Waals surface area contributed by atoms with Gasteiger partial charge in [-0.15, -0.1) is 0 Å². The van der Waals surface area contributed by atoms with Crippen molar-refractivity contribution in [2.24, 2.45) is 0 Å². The predicted octanol–water partition coefficient (Wildman–Crippen LogP) is 7.21. The summed E-state index contributed by atoms with van der Waals surface area (Å²) in [5.41, 5.74) is 6.76. The van der Waals surface area contributed by atoms with E-state index in [0.29, 0.717) is 28.0 Å². The fraction of sp³-hybridized carbons (Fsp3) is 0.103. The maximum atomic E-state index is 14.1. The summed E-state index contributed by atoms with van der Waals surface area (Å²) in [5.74, 6) is -1.07. The monoisotopic (exact) mass is 481 g/mol. The SMILES string of the molecule is [2H]c1c(C(C)OCc2cc(F)ccc2F)c2cc3nc(cc4ccc(cc5nc(cc1[nH]2)C=C5)[nH]4)C=C3. The summed E-state index contributed by atoms with van der Waals surface area (Å²) >= 11 is 0. The van der Waals surface area contributed by atoms with Gasteiger partial charge in [0.15, 0.2) is 0 Å². The largest absolute Gasteiger partial charge is 0.369 e. The van der Waals surface area contributed by atoms with Crippen LogP contribution in [0.4, 0.5) is 8.78 Å². The maximum Gasteiger partial charge on any atom is 0.128 e. The molecule has 178 valence electrons. The molecule has 0 radical (unpaired) electrons. The topological polar surface area (TPSA) is 66.6 Å². The van der Waals surface area contributed by atoms with Crippen LogP contribution in [0, 0.1) is 11.6 Å². The fourth-order valence-corrected chi connectivity index (χ4v) is 4.24. The van der Waals surface area contributed by atoms with Gasteiger partial charge in [0.25, 0.3) is 0 Å². The van der Waals surface area contributed by atoms with Gasteiger partial charge >= 0.3 is 0 Å². The highest BCUT2D eigenvalue weighted by Gasteiger charge is 2.14. The lowest BCUT2D eigenvalue weighted by Gasteiger charge is -2.13. The smallest absolute Gasteiger partial charge is 0.128 e. The number of fused-ring (bicyclic) bond motifs is 8. The van der Waals surface area contributed by atoms with Crippen molar-refractivity contribution in [3.63, 3.8) is 0 Å². The number of rotatable bonds is 4. The van der Waals surface area contributed by atoms with Crippen LogP contribution in [-0.2, 0) is 11.3 Å². The van der Waals surface area contributed by atoms with Crippen molar-refractivity contribution in [2.45, 2.75) is 19.6 Å². The first-order chi connectivity index (χ1) is 17.9. The summed E-state index contributed by atoms with van der Waals surface area (Å²) < 4.78 is 42.6. The molecular formula is C29H22F2N4O. The quantitative estimate of drug-likeness (QED) is 0.280. The molecular weight excluding hydrogens is 458 g/mol. The van der Waals surface area contributed by atoms with Gasteiger partial charge in [-0.25, -0.2) is 18.7 Å². The molecule has 0 aliphatic carbocycles. The number of hydrogen-bond acceptors (Lipinski definition) is 3. The van der Waals surface area contributed by atoms with Gasteiger partial charge < -0.3 is 14.7 Å². The van der Waals surface area contributed by atoms with E-state index in [4.69, 9.17) is 6.11 Å². The molecule has 8 bridgehead atoms. The molecule has 36 heavy (non-hydrogen) atoms. The number of H-pyrrole nitrogens is 2. The van der Waals surface area contributed by atoms with Crippen LogP contribution in [0.3, 0.4) is 0 Å². The first kappa shape index (κ1) is 21.0. The van der Waals surface area contributed by atoms with Crippen LogP contribution in [0.25, 0.3) is 46.4 Å².